The van der Waals surface area contributed by atoms with Crippen molar-refractivity contribution in [2.75, 3.05) is 23.8 Å². The molecule has 9 nitrogen and oxygen atoms in total. The van der Waals surface area contributed by atoms with Crippen LogP contribution < -0.4 is 10.2 Å². The SMILES string of the molecule is Cc1cnc(Nc2ccc3c(c2)C(=O)N(C)CCCC3)nc1N(C1=CC=CCC1=O)c1cnco1. The number of nitrogens with zero attached hydrogens (tertiary/aromatic N) is 5. The molecule has 0 saturated carbocycles. The molecule has 0 unspecified atom stereocenters. The highest BCUT2D eigenvalue weighted by Crippen LogP contribution is 2.33. The normalized spacial score (nSPS) is 15.8. The highest BCUT2D eigenvalue weighted by atomic mass is 16.4. The van der Waals surface area contributed by atoms with Crippen molar-refractivity contribution in [3.63, 3.8) is 0 Å². The van der Waals surface area contributed by atoms with E-state index in [-0.39, 0.29) is 11.7 Å². The van der Waals surface area contributed by atoms with Gasteiger partial charge in [0, 0.05) is 43.0 Å². The van der Waals surface area contributed by atoms with Crippen LogP contribution in [0.15, 0.2) is 65.3 Å². The van der Waals surface area contributed by atoms with E-state index in [1.54, 1.807) is 22.1 Å². The van der Waals surface area contributed by atoms with Gasteiger partial charge in [-0.1, -0.05) is 18.2 Å². The van der Waals surface area contributed by atoms with Gasteiger partial charge >= 0.3 is 0 Å². The molecule has 0 spiro atoms. The number of amides is 1. The summed E-state index contributed by atoms with van der Waals surface area (Å²) in [5.74, 6) is 1.17. The Kier molecular flexibility index (Phi) is 6.13. The second-order valence-electron chi connectivity index (χ2n) is 8.66. The summed E-state index contributed by atoms with van der Waals surface area (Å²) in [6.45, 7) is 2.62. The fourth-order valence-electron chi connectivity index (χ4n) is 4.28. The Hall–Kier alpha value is -4.27. The van der Waals surface area contributed by atoms with E-state index < -0.39 is 0 Å². The van der Waals surface area contributed by atoms with Gasteiger partial charge in [0.15, 0.2) is 12.2 Å². The molecule has 0 atom stereocenters. The lowest BCUT2D eigenvalue weighted by atomic mass is 9.98. The van der Waals surface area contributed by atoms with Crippen molar-refractivity contribution in [3.8, 4) is 0 Å². The summed E-state index contributed by atoms with van der Waals surface area (Å²) in [5.41, 5.74) is 3.64. The summed E-state index contributed by atoms with van der Waals surface area (Å²) in [7, 11) is 1.83. The maximum Gasteiger partial charge on any atom is 0.253 e. The molecule has 3 aromatic rings. The number of oxazole rings is 1. The number of Topliss-reactive ketones (excluding diaryl/α,β-unsaturated/α-hetero) is 1. The molecule has 0 bridgehead atoms. The zero-order chi connectivity index (χ0) is 24.4. The van der Waals surface area contributed by atoms with Crippen LogP contribution >= 0.6 is 0 Å². The number of aromatic nitrogens is 3. The molecular formula is C26H26N6O3. The fraction of sp³-hybridized carbons (Fsp3) is 0.269. The number of rotatable bonds is 5. The number of nitrogens with one attached hydrogen (secondary N) is 1. The van der Waals surface area contributed by atoms with E-state index in [1.165, 1.54) is 12.6 Å². The molecule has 5 rings (SSSR count). The predicted octanol–water partition coefficient (Wildman–Crippen LogP) is 4.48. The monoisotopic (exact) mass is 470 g/mol. The van der Waals surface area contributed by atoms with Crippen LogP contribution in [0.3, 0.4) is 0 Å². The lowest BCUT2D eigenvalue weighted by molar-refractivity contribution is -0.114. The lowest BCUT2D eigenvalue weighted by Crippen LogP contribution is -2.30. The van der Waals surface area contributed by atoms with Gasteiger partial charge in [0.2, 0.25) is 11.8 Å². The van der Waals surface area contributed by atoms with Crippen LogP contribution in [0, 0.1) is 6.92 Å². The van der Waals surface area contributed by atoms with Crippen LogP contribution in [0.2, 0.25) is 0 Å². The maximum absolute atomic E-state index is 12.9. The van der Waals surface area contributed by atoms with Crippen LogP contribution in [0.1, 0.15) is 40.7 Å². The molecule has 3 heterocycles. The van der Waals surface area contributed by atoms with Gasteiger partial charge in [-0.15, -0.1) is 0 Å². The van der Waals surface area contributed by atoms with Gasteiger partial charge in [-0.3, -0.25) is 14.5 Å². The minimum atomic E-state index is -0.0549. The number of hydrogen-bond acceptors (Lipinski definition) is 8. The van der Waals surface area contributed by atoms with Gasteiger partial charge in [-0.2, -0.15) is 4.98 Å². The molecule has 1 amide bonds. The Labute approximate surface area is 203 Å². The summed E-state index contributed by atoms with van der Waals surface area (Å²) in [5, 5.41) is 3.22. The topological polar surface area (TPSA) is 104 Å². The Bertz CT molecular complexity index is 1330. The summed E-state index contributed by atoms with van der Waals surface area (Å²) in [6.07, 6.45) is 13.1. The number of benzene rings is 1. The fourth-order valence-corrected chi connectivity index (χ4v) is 4.28. The summed E-state index contributed by atoms with van der Waals surface area (Å²) >= 11 is 0. The van der Waals surface area contributed by atoms with Crippen molar-refractivity contribution in [1.82, 2.24) is 19.9 Å². The molecule has 0 saturated heterocycles. The number of hydrogen-bond donors (Lipinski definition) is 1. The molecule has 2 aromatic heterocycles. The van der Waals surface area contributed by atoms with E-state index in [9.17, 15) is 9.59 Å². The number of allylic oxidation sites excluding steroid dienone is 4. The van der Waals surface area contributed by atoms with E-state index in [1.807, 2.05) is 44.3 Å². The molecule has 1 aliphatic heterocycles. The van der Waals surface area contributed by atoms with Gasteiger partial charge in [0.1, 0.15) is 5.82 Å². The van der Waals surface area contributed by atoms with Crippen LogP contribution in [-0.4, -0.2) is 45.1 Å². The zero-order valence-electron chi connectivity index (χ0n) is 19.7. The zero-order valence-corrected chi connectivity index (χ0v) is 19.7. The van der Waals surface area contributed by atoms with Gasteiger partial charge in [0.25, 0.3) is 5.91 Å². The highest BCUT2D eigenvalue weighted by molar-refractivity contribution is 6.02. The van der Waals surface area contributed by atoms with E-state index in [0.29, 0.717) is 41.0 Å². The number of carbonyl (C=O) groups is 2. The standard InChI is InChI=1S/C26H26N6O3/c1-17-14-28-26(29-19-11-10-18-7-5-6-12-31(2)25(34)20(18)13-19)30-24(17)32(23-15-27-16-35-23)21-8-3-4-9-22(21)33/h3-4,8,10-11,13-16H,5-7,9,12H2,1-2H3,(H,28,29,30). The van der Waals surface area contributed by atoms with Crippen LogP contribution in [0.5, 0.6) is 0 Å². The summed E-state index contributed by atoms with van der Waals surface area (Å²) in [4.78, 5) is 42.2. The molecule has 178 valence electrons. The first-order valence-corrected chi connectivity index (χ1v) is 11.6. The number of ketones is 1. The average molecular weight is 471 g/mol. The third kappa shape index (κ3) is 4.57. The second-order valence-corrected chi connectivity index (χ2v) is 8.66. The van der Waals surface area contributed by atoms with Crippen molar-refractivity contribution < 1.29 is 14.0 Å². The third-order valence-electron chi connectivity index (χ3n) is 6.15. The van der Waals surface area contributed by atoms with E-state index in [4.69, 9.17) is 9.40 Å². The minimum absolute atomic E-state index is 0.0150. The Morgan fingerprint density at radius 3 is 2.86 bits per heavy atom. The first-order chi connectivity index (χ1) is 17.0. The van der Waals surface area contributed by atoms with Crippen molar-refractivity contribution in [2.45, 2.75) is 32.6 Å². The van der Waals surface area contributed by atoms with Crippen molar-refractivity contribution in [3.05, 3.63) is 77.6 Å². The second kappa shape index (κ2) is 9.54. The molecule has 0 radical (unpaired) electrons. The maximum atomic E-state index is 12.9. The Morgan fingerprint density at radius 2 is 2.06 bits per heavy atom. The van der Waals surface area contributed by atoms with Gasteiger partial charge in [-0.05, 0) is 50.0 Å². The van der Waals surface area contributed by atoms with E-state index in [2.05, 4.69) is 15.3 Å². The summed E-state index contributed by atoms with van der Waals surface area (Å²) in [6, 6.07) is 5.78. The number of fused-ring (bicyclic) bond motifs is 1. The molecule has 1 aliphatic carbocycles. The molecule has 2 aliphatic rings. The summed E-state index contributed by atoms with van der Waals surface area (Å²) < 4.78 is 5.55. The average Bonchev–Trinajstić information content (AvgIpc) is 3.39. The first-order valence-electron chi connectivity index (χ1n) is 11.6. The van der Waals surface area contributed by atoms with Crippen molar-refractivity contribution in [2.24, 2.45) is 0 Å². The quantitative estimate of drug-likeness (QED) is 0.582. The largest absolute Gasteiger partial charge is 0.427 e. The van der Waals surface area contributed by atoms with Crippen LogP contribution in [-0.2, 0) is 11.2 Å². The van der Waals surface area contributed by atoms with E-state index in [0.717, 1.165) is 36.9 Å². The third-order valence-corrected chi connectivity index (χ3v) is 6.15. The predicted molar refractivity (Wildman–Crippen MR) is 132 cm³/mol. The van der Waals surface area contributed by atoms with Crippen molar-refractivity contribution >= 4 is 35.0 Å². The van der Waals surface area contributed by atoms with Gasteiger partial charge in [-0.25, -0.2) is 9.97 Å². The molecule has 9 heteroatoms. The van der Waals surface area contributed by atoms with Crippen molar-refractivity contribution in [1.29, 1.82) is 0 Å². The number of aryl methyl sites for hydroxylation is 2. The van der Waals surface area contributed by atoms with Crippen LogP contribution in [0.4, 0.5) is 23.3 Å². The lowest BCUT2D eigenvalue weighted by Gasteiger charge is -2.25. The van der Waals surface area contributed by atoms with Crippen LogP contribution in [0.25, 0.3) is 0 Å². The first kappa shape index (κ1) is 22.5. The molecule has 1 aromatic carbocycles. The number of carbonyl (C=O) groups excluding carboxylic acids is 2. The van der Waals surface area contributed by atoms with Gasteiger partial charge in [0.05, 0.1) is 11.9 Å². The minimum Gasteiger partial charge on any atom is -0.427 e. The molecule has 35 heavy (non-hydrogen) atoms. The Morgan fingerprint density at radius 1 is 1.17 bits per heavy atom. The molecule has 0 fully saturated rings. The van der Waals surface area contributed by atoms with Gasteiger partial charge < -0.3 is 14.6 Å². The molecular weight excluding hydrogens is 444 g/mol. The number of anilines is 4. The Balaban J connectivity index is 1.51. The highest BCUT2D eigenvalue weighted by Gasteiger charge is 2.27. The molecule has 1 N–H and O–H groups in total. The smallest absolute Gasteiger partial charge is 0.253 e. The van der Waals surface area contributed by atoms with E-state index >= 15 is 0 Å².